The molecular formula is C21H18N2O5S. The molecule has 0 spiro atoms. The van der Waals surface area contributed by atoms with Crippen molar-refractivity contribution < 1.29 is 22.7 Å². The number of hydrogen-bond donors (Lipinski definition) is 1. The van der Waals surface area contributed by atoms with Gasteiger partial charge in [-0.15, -0.1) is 0 Å². The van der Waals surface area contributed by atoms with Crippen LogP contribution in [0, 0.1) is 0 Å². The number of carbonyl (C=O) groups is 2. The molecule has 1 aliphatic heterocycles. The fourth-order valence-corrected chi connectivity index (χ4v) is 4.31. The van der Waals surface area contributed by atoms with Gasteiger partial charge < -0.3 is 4.74 Å². The number of nitrogens with one attached hydrogen (secondary N) is 1. The van der Waals surface area contributed by atoms with Gasteiger partial charge in [0.1, 0.15) is 6.61 Å². The van der Waals surface area contributed by atoms with E-state index in [9.17, 15) is 18.0 Å². The number of benzene rings is 3. The minimum Gasteiger partial charge on any atom is -0.457 e. The van der Waals surface area contributed by atoms with Crippen molar-refractivity contribution in [2.45, 2.75) is 13.2 Å². The molecule has 8 heteroatoms. The first-order valence-corrected chi connectivity index (χ1v) is 10.4. The van der Waals surface area contributed by atoms with Gasteiger partial charge in [-0.1, -0.05) is 54.6 Å². The molecule has 0 saturated carbocycles. The zero-order valence-corrected chi connectivity index (χ0v) is 16.2. The Balaban J connectivity index is 1.41. The standard InChI is InChI=1S/C21H18N2O5S/c24-20-13-23(29(26,27)22-20)12-15-8-10-17(11-9-15)21(25)28-14-18-6-3-5-16-4-1-2-7-19(16)18/h1-11H,12-14H2,(H,22,24). The van der Waals surface area contributed by atoms with Gasteiger partial charge >= 0.3 is 16.2 Å². The average molecular weight is 410 g/mol. The lowest BCUT2D eigenvalue weighted by molar-refractivity contribution is -0.118. The smallest absolute Gasteiger partial charge is 0.338 e. The minimum absolute atomic E-state index is 0.0480. The predicted octanol–water partition coefficient (Wildman–Crippen LogP) is 2.37. The molecule has 29 heavy (non-hydrogen) atoms. The number of hydrogen-bond acceptors (Lipinski definition) is 5. The van der Waals surface area contributed by atoms with Crippen LogP contribution in [-0.4, -0.2) is 31.1 Å². The molecule has 0 aliphatic carbocycles. The van der Waals surface area contributed by atoms with E-state index < -0.39 is 22.1 Å². The quantitative estimate of drug-likeness (QED) is 0.652. The van der Waals surface area contributed by atoms with Gasteiger partial charge in [0.25, 0.3) is 0 Å². The second-order valence-electron chi connectivity index (χ2n) is 6.71. The van der Waals surface area contributed by atoms with Gasteiger partial charge in [-0.2, -0.15) is 12.7 Å². The molecule has 0 atom stereocenters. The Morgan fingerprint density at radius 3 is 2.45 bits per heavy atom. The largest absolute Gasteiger partial charge is 0.457 e. The third-order valence-electron chi connectivity index (χ3n) is 4.69. The van der Waals surface area contributed by atoms with Crippen molar-refractivity contribution in [2.24, 2.45) is 0 Å². The molecule has 0 unspecified atom stereocenters. The first-order valence-electron chi connectivity index (χ1n) is 8.96. The molecule has 1 N–H and O–H groups in total. The van der Waals surface area contributed by atoms with E-state index in [0.717, 1.165) is 20.6 Å². The van der Waals surface area contributed by atoms with Crippen LogP contribution in [0.4, 0.5) is 0 Å². The molecule has 1 aliphatic rings. The van der Waals surface area contributed by atoms with E-state index in [4.69, 9.17) is 4.74 Å². The Kier molecular flexibility index (Phi) is 5.04. The molecule has 3 aromatic carbocycles. The van der Waals surface area contributed by atoms with E-state index in [-0.39, 0.29) is 19.7 Å². The summed E-state index contributed by atoms with van der Waals surface area (Å²) in [7, 11) is -3.78. The first kappa shape index (κ1) is 19.1. The number of nitrogens with zero attached hydrogens (tertiary/aromatic N) is 1. The number of esters is 1. The van der Waals surface area contributed by atoms with E-state index in [0.29, 0.717) is 11.1 Å². The van der Waals surface area contributed by atoms with Crippen LogP contribution in [0.2, 0.25) is 0 Å². The number of rotatable bonds is 5. The summed E-state index contributed by atoms with van der Waals surface area (Å²) >= 11 is 0. The molecule has 0 aromatic heterocycles. The third-order valence-corrected chi connectivity index (χ3v) is 6.11. The summed E-state index contributed by atoms with van der Waals surface area (Å²) in [6, 6.07) is 20.2. The second kappa shape index (κ2) is 7.65. The van der Waals surface area contributed by atoms with Gasteiger partial charge in [0.05, 0.1) is 12.1 Å². The normalized spacial score (nSPS) is 15.9. The monoisotopic (exact) mass is 410 g/mol. The van der Waals surface area contributed by atoms with Crippen molar-refractivity contribution in [3.8, 4) is 0 Å². The summed E-state index contributed by atoms with van der Waals surface area (Å²) in [6.07, 6.45) is 0. The van der Waals surface area contributed by atoms with Crippen LogP contribution in [0.15, 0.2) is 66.7 Å². The molecule has 1 heterocycles. The molecular weight excluding hydrogens is 392 g/mol. The lowest BCUT2D eigenvalue weighted by atomic mass is 10.1. The van der Waals surface area contributed by atoms with E-state index in [2.05, 4.69) is 0 Å². The van der Waals surface area contributed by atoms with Crippen LogP contribution in [0.3, 0.4) is 0 Å². The second-order valence-corrected chi connectivity index (χ2v) is 8.38. The average Bonchev–Trinajstić information content (AvgIpc) is 2.97. The molecule has 1 fully saturated rings. The predicted molar refractivity (Wildman–Crippen MR) is 107 cm³/mol. The highest BCUT2D eigenvalue weighted by Gasteiger charge is 2.33. The zero-order chi connectivity index (χ0) is 20.4. The van der Waals surface area contributed by atoms with Crippen molar-refractivity contribution in [2.75, 3.05) is 6.54 Å². The maximum Gasteiger partial charge on any atom is 0.338 e. The van der Waals surface area contributed by atoms with Gasteiger partial charge in [0.15, 0.2) is 0 Å². The number of fused-ring (bicyclic) bond motifs is 1. The summed E-state index contributed by atoms with van der Waals surface area (Å²) in [4.78, 5) is 23.7. The Bertz CT molecular complexity index is 1180. The topological polar surface area (TPSA) is 92.8 Å². The maximum absolute atomic E-state index is 12.4. The Morgan fingerprint density at radius 2 is 1.72 bits per heavy atom. The molecule has 0 bridgehead atoms. The molecule has 1 saturated heterocycles. The minimum atomic E-state index is -3.78. The lowest BCUT2D eigenvalue weighted by Gasteiger charge is -2.12. The highest BCUT2D eigenvalue weighted by molar-refractivity contribution is 7.88. The van der Waals surface area contributed by atoms with Crippen LogP contribution in [0.5, 0.6) is 0 Å². The lowest BCUT2D eigenvalue weighted by Crippen LogP contribution is -2.29. The zero-order valence-electron chi connectivity index (χ0n) is 15.4. The number of amides is 1. The summed E-state index contributed by atoms with van der Waals surface area (Å²) in [5.74, 6) is -1.02. The van der Waals surface area contributed by atoms with Crippen molar-refractivity contribution in [3.63, 3.8) is 0 Å². The van der Waals surface area contributed by atoms with Gasteiger partial charge in [-0.3, -0.25) is 4.79 Å². The fraction of sp³-hybridized carbons (Fsp3) is 0.143. The van der Waals surface area contributed by atoms with Crippen LogP contribution < -0.4 is 4.72 Å². The van der Waals surface area contributed by atoms with E-state index in [1.54, 1.807) is 24.3 Å². The van der Waals surface area contributed by atoms with Crippen LogP contribution in [-0.2, 0) is 32.9 Å². The molecule has 7 nitrogen and oxygen atoms in total. The molecule has 1 amide bonds. The van der Waals surface area contributed by atoms with Crippen molar-refractivity contribution in [1.29, 1.82) is 0 Å². The van der Waals surface area contributed by atoms with Crippen molar-refractivity contribution in [1.82, 2.24) is 9.03 Å². The molecule has 148 valence electrons. The maximum atomic E-state index is 12.4. The van der Waals surface area contributed by atoms with Gasteiger partial charge in [0.2, 0.25) is 5.91 Å². The Labute approximate surface area is 168 Å². The van der Waals surface area contributed by atoms with Crippen LogP contribution >= 0.6 is 0 Å². The highest BCUT2D eigenvalue weighted by Crippen LogP contribution is 2.20. The molecule has 3 aromatic rings. The van der Waals surface area contributed by atoms with E-state index >= 15 is 0 Å². The van der Waals surface area contributed by atoms with Crippen LogP contribution in [0.25, 0.3) is 10.8 Å². The molecule has 4 rings (SSSR count). The Hall–Kier alpha value is -3.23. The highest BCUT2D eigenvalue weighted by atomic mass is 32.2. The Morgan fingerprint density at radius 1 is 1.00 bits per heavy atom. The summed E-state index contributed by atoms with van der Waals surface area (Å²) < 4.78 is 32.0. The van der Waals surface area contributed by atoms with Gasteiger partial charge in [-0.25, -0.2) is 9.52 Å². The SMILES string of the molecule is O=C1CN(Cc2ccc(C(=O)OCc3cccc4ccccc34)cc2)S(=O)(=O)N1. The van der Waals surface area contributed by atoms with E-state index in [1.165, 1.54) is 0 Å². The summed E-state index contributed by atoms with van der Waals surface area (Å²) in [5, 5.41) is 2.11. The van der Waals surface area contributed by atoms with E-state index in [1.807, 2.05) is 47.2 Å². The molecule has 0 radical (unpaired) electrons. The van der Waals surface area contributed by atoms with Gasteiger partial charge in [0, 0.05) is 6.54 Å². The summed E-state index contributed by atoms with van der Waals surface area (Å²) in [5.41, 5.74) is 1.95. The third kappa shape index (κ3) is 4.13. The van der Waals surface area contributed by atoms with Crippen molar-refractivity contribution in [3.05, 3.63) is 83.4 Å². The van der Waals surface area contributed by atoms with Crippen molar-refractivity contribution >= 4 is 32.9 Å². The number of carbonyl (C=O) groups excluding carboxylic acids is 2. The fourth-order valence-electron chi connectivity index (χ4n) is 3.22. The number of ether oxygens (including phenoxy) is 1. The van der Waals surface area contributed by atoms with Crippen LogP contribution in [0.1, 0.15) is 21.5 Å². The summed E-state index contributed by atoms with van der Waals surface area (Å²) in [6.45, 7) is -0.00863. The van der Waals surface area contributed by atoms with Gasteiger partial charge in [-0.05, 0) is 34.0 Å². The first-order chi connectivity index (χ1) is 13.9.